The third kappa shape index (κ3) is 2.94. The molecular weight excluding hydrogens is 166 g/mol. The Labute approximate surface area is 64.1 Å². The summed E-state index contributed by atoms with van der Waals surface area (Å²) in [4.78, 5) is 0. The number of nitriles is 3. The first-order chi connectivity index (χ1) is 5.18. The minimum Gasteiger partial charge on any atom is -0.412 e. The molecule has 0 aromatic heterocycles. The number of rotatable bonds is 3. The van der Waals surface area contributed by atoms with Crippen LogP contribution in [0.3, 0.4) is 0 Å². The molecule has 0 spiro atoms. The molecule has 0 saturated heterocycles. The van der Waals surface area contributed by atoms with Gasteiger partial charge in [-0.15, -0.1) is 0 Å². The second-order valence-corrected chi connectivity index (χ2v) is 3.78. The summed E-state index contributed by atoms with van der Waals surface area (Å²) in [5, 5.41) is 24.1. The Morgan fingerprint density at radius 1 is 0.909 bits per heavy atom. The van der Waals surface area contributed by atoms with Crippen molar-refractivity contribution in [3.8, 4) is 18.8 Å². The minimum atomic E-state index is -3.33. The molecule has 0 aromatic carbocycles. The van der Waals surface area contributed by atoms with E-state index in [-0.39, 0.29) is 0 Å². The first-order valence-electron chi connectivity index (χ1n) is 2.40. The number of hydrogen-bond acceptors (Lipinski definition) is 6. The van der Waals surface area contributed by atoms with Gasteiger partial charge in [-0.2, -0.15) is 15.8 Å². The maximum Gasteiger partial charge on any atom is 0.725 e. The Bertz CT molecular complexity index is 206. The molecule has 0 bridgehead atoms. The molecule has 0 unspecified atom stereocenters. The van der Waals surface area contributed by atoms with E-state index in [0.29, 0.717) is 0 Å². The molecule has 0 aromatic rings. The van der Waals surface area contributed by atoms with Crippen LogP contribution in [0, 0.1) is 34.6 Å². The van der Waals surface area contributed by atoms with E-state index in [9.17, 15) is 0 Å². The molecule has 0 aliphatic carbocycles. The summed E-state index contributed by atoms with van der Waals surface area (Å²) in [6.07, 6.45) is 3.86. The highest BCUT2D eigenvalue weighted by Crippen LogP contribution is 2.06. The van der Waals surface area contributed by atoms with Crippen LogP contribution in [0.5, 0.6) is 0 Å². The monoisotopic (exact) mass is 169 g/mol. The van der Waals surface area contributed by atoms with Crippen LogP contribution in [0.4, 0.5) is 0 Å². The number of nitrogens with zero attached hydrogens (tertiary/aromatic N) is 3. The van der Waals surface area contributed by atoms with E-state index < -0.39 is 8.80 Å². The summed E-state index contributed by atoms with van der Waals surface area (Å²) in [5.74, 6) is 0. The third-order valence-corrected chi connectivity index (χ3v) is 2.08. The van der Waals surface area contributed by atoms with E-state index >= 15 is 0 Å². The third-order valence-electron chi connectivity index (χ3n) is 0.693. The summed E-state index contributed by atoms with van der Waals surface area (Å²) in [6.45, 7) is 1.25. The lowest BCUT2D eigenvalue weighted by Crippen LogP contribution is -2.38. The van der Waals surface area contributed by atoms with Crippen LogP contribution >= 0.6 is 0 Å². The fourth-order valence-corrected chi connectivity index (χ4v) is 0.934. The van der Waals surface area contributed by atoms with Gasteiger partial charge >= 0.3 is 8.80 Å². The van der Waals surface area contributed by atoms with E-state index in [2.05, 4.69) is 13.3 Å². The molecule has 0 saturated carbocycles. The van der Waals surface area contributed by atoms with Crippen molar-refractivity contribution in [3.63, 3.8) is 0 Å². The molecule has 0 fully saturated rings. The van der Waals surface area contributed by atoms with E-state index in [4.69, 9.17) is 15.8 Å². The van der Waals surface area contributed by atoms with E-state index in [1.807, 2.05) is 0 Å². The molecule has 0 amide bonds. The maximum atomic E-state index is 8.04. The first-order valence-corrected chi connectivity index (χ1v) is 4.62. The summed E-state index contributed by atoms with van der Waals surface area (Å²) < 4.78 is 12.8. The highest BCUT2D eigenvalue weighted by atomic mass is 28.4. The lowest BCUT2D eigenvalue weighted by Gasteiger charge is -2.12. The van der Waals surface area contributed by atoms with Crippen LogP contribution in [0.25, 0.3) is 0 Å². The smallest absolute Gasteiger partial charge is 0.412 e. The largest absolute Gasteiger partial charge is 0.725 e. The van der Waals surface area contributed by atoms with Gasteiger partial charge in [-0.25, -0.2) is 0 Å². The molecule has 0 heterocycles. The molecule has 7 heteroatoms. The Morgan fingerprint density at radius 2 is 1.18 bits per heavy atom. The van der Waals surface area contributed by atoms with Gasteiger partial charge in [0, 0.05) is 6.55 Å². The Morgan fingerprint density at radius 3 is 1.36 bits per heavy atom. The molecular formula is C4H3N3O3Si. The van der Waals surface area contributed by atoms with E-state index in [1.165, 1.54) is 25.3 Å². The van der Waals surface area contributed by atoms with Crippen LogP contribution in [0.1, 0.15) is 0 Å². The topological polar surface area (TPSA) is 99.1 Å². The second-order valence-electron chi connectivity index (χ2n) is 1.44. The molecule has 0 radical (unpaired) electrons. The predicted octanol–water partition coefficient (Wildman–Crippen LogP) is 0.0481. The summed E-state index contributed by atoms with van der Waals surface area (Å²) in [5.41, 5.74) is 0. The van der Waals surface area contributed by atoms with Crippen molar-refractivity contribution >= 4 is 8.80 Å². The van der Waals surface area contributed by atoms with Crippen molar-refractivity contribution in [1.82, 2.24) is 0 Å². The van der Waals surface area contributed by atoms with E-state index in [0.717, 1.165) is 0 Å². The summed E-state index contributed by atoms with van der Waals surface area (Å²) in [6, 6.07) is 0. The first kappa shape index (κ1) is 9.09. The SMILES string of the molecule is C[Si](OC#N)(OC#N)OC#N. The van der Waals surface area contributed by atoms with Crippen molar-refractivity contribution in [1.29, 1.82) is 15.8 Å². The second kappa shape index (κ2) is 3.99. The summed E-state index contributed by atoms with van der Waals surface area (Å²) >= 11 is 0. The minimum absolute atomic E-state index is 1.25. The fourth-order valence-electron chi connectivity index (χ4n) is 0.311. The van der Waals surface area contributed by atoms with Gasteiger partial charge in [0.15, 0.2) is 0 Å². The lowest BCUT2D eigenvalue weighted by molar-refractivity contribution is 0.214. The Balaban J connectivity index is 4.20. The van der Waals surface area contributed by atoms with Gasteiger partial charge in [-0.05, 0) is 0 Å². The molecule has 11 heavy (non-hydrogen) atoms. The van der Waals surface area contributed by atoms with Gasteiger partial charge in [-0.1, -0.05) is 0 Å². The highest BCUT2D eigenvalue weighted by molar-refractivity contribution is 6.60. The molecule has 0 aliphatic heterocycles. The van der Waals surface area contributed by atoms with Gasteiger partial charge in [-0.3, -0.25) is 0 Å². The number of hydrogen-bond donors (Lipinski definition) is 0. The van der Waals surface area contributed by atoms with Crippen LogP contribution in [0.15, 0.2) is 0 Å². The predicted molar refractivity (Wildman–Crippen MR) is 31.7 cm³/mol. The average molecular weight is 169 g/mol. The fraction of sp³-hybridized carbons (Fsp3) is 0.250. The molecule has 0 N–H and O–H groups in total. The van der Waals surface area contributed by atoms with Crippen molar-refractivity contribution in [2.45, 2.75) is 6.55 Å². The van der Waals surface area contributed by atoms with Crippen molar-refractivity contribution in [2.75, 3.05) is 0 Å². The molecule has 0 atom stereocenters. The normalized spacial score (nSPS) is 8.18. The Kier molecular flexibility index (Phi) is 3.30. The van der Waals surface area contributed by atoms with Crippen LogP contribution in [-0.2, 0) is 13.3 Å². The molecule has 6 nitrogen and oxygen atoms in total. The summed E-state index contributed by atoms with van der Waals surface area (Å²) in [7, 11) is -3.33. The van der Waals surface area contributed by atoms with Gasteiger partial charge < -0.3 is 13.3 Å². The van der Waals surface area contributed by atoms with Gasteiger partial charge in [0.2, 0.25) is 0 Å². The maximum absolute atomic E-state index is 8.04. The van der Waals surface area contributed by atoms with Crippen molar-refractivity contribution in [2.24, 2.45) is 0 Å². The van der Waals surface area contributed by atoms with Crippen molar-refractivity contribution in [3.05, 3.63) is 0 Å². The zero-order valence-electron chi connectivity index (χ0n) is 5.57. The molecule has 0 aliphatic rings. The van der Waals surface area contributed by atoms with E-state index in [1.54, 1.807) is 0 Å². The van der Waals surface area contributed by atoms with Crippen LogP contribution in [-0.4, -0.2) is 8.80 Å². The zero-order chi connectivity index (χ0) is 8.74. The zero-order valence-corrected chi connectivity index (χ0v) is 6.57. The van der Waals surface area contributed by atoms with Gasteiger partial charge in [0.25, 0.3) is 18.8 Å². The Hall–Kier alpha value is -1.91. The highest BCUT2D eigenvalue weighted by Gasteiger charge is 2.43. The average Bonchev–Trinajstić information content (AvgIpc) is 1.88. The standard InChI is InChI=1S/C4H3N3O3Si/c1-11(8-2-5,9-3-6)10-4-7/h1H3. The quantitative estimate of drug-likeness (QED) is 0.437. The lowest BCUT2D eigenvalue weighted by atomic mass is 11.6. The van der Waals surface area contributed by atoms with Gasteiger partial charge in [0.1, 0.15) is 0 Å². The van der Waals surface area contributed by atoms with Gasteiger partial charge in [0.05, 0.1) is 0 Å². The van der Waals surface area contributed by atoms with Crippen molar-refractivity contribution < 1.29 is 13.3 Å². The molecule has 56 valence electrons. The molecule has 0 rings (SSSR count). The van der Waals surface area contributed by atoms with Crippen LogP contribution < -0.4 is 0 Å². The van der Waals surface area contributed by atoms with Crippen LogP contribution in [0.2, 0.25) is 6.55 Å².